The smallest absolute Gasteiger partial charge is 0.248 e. The normalized spacial score (nSPS) is 15.0. The summed E-state index contributed by atoms with van der Waals surface area (Å²) in [5.74, 6) is -0.702. The van der Waals surface area contributed by atoms with Crippen molar-refractivity contribution in [2.24, 2.45) is 5.41 Å². The summed E-state index contributed by atoms with van der Waals surface area (Å²) in [4.78, 5) is 30.8. The van der Waals surface area contributed by atoms with Gasteiger partial charge in [-0.2, -0.15) is 0 Å². The standard InChI is InChI=1S/C21H24FN3O3/c1-2-28-13-19(26)25-14-21(15-25,10-17-7-3-4-8-18(17)22)20(27)24-12-16-6-5-9-23-11-16/h3-9,11H,2,10,12-15H2,1H3,(H,24,27). The van der Waals surface area contributed by atoms with E-state index in [1.165, 1.54) is 6.07 Å². The SMILES string of the molecule is CCOCC(=O)N1CC(Cc2ccccc2F)(C(=O)NCc2cccnc2)C1. The molecule has 1 fully saturated rings. The van der Waals surface area contributed by atoms with E-state index in [4.69, 9.17) is 4.74 Å². The van der Waals surface area contributed by atoms with Crippen LogP contribution in [0.2, 0.25) is 0 Å². The van der Waals surface area contributed by atoms with Gasteiger partial charge in [0.05, 0.1) is 5.41 Å². The Morgan fingerprint density at radius 2 is 2.04 bits per heavy atom. The molecule has 2 heterocycles. The van der Waals surface area contributed by atoms with Crippen LogP contribution in [0.1, 0.15) is 18.1 Å². The van der Waals surface area contributed by atoms with Crippen molar-refractivity contribution in [1.82, 2.24) is 15.2 Å². The number of aromatic nitrogens is 1. The van der Waals surface area contributed by atoms with E-state index in [0.29, 0.717) is 18.7 Å². The van der Waals surface area contributed by atoms with Crippen molar-refractivity contribution < 1.29 is 18.7 Å². The summed E-state index contributed by atoms with van der Waals surface area (Å²) in [6.45, 7) is 3.07. The van der Waals surface area contributed by atoms with E-state index in [1.807, 2.05) is 13.0 Å². The summed E-state index contributed by atoms with van der Waals surface area (Å²) >= 11 is 0. The van der Waals surface area contributed by atoms with Crippen LogP contribution in [-0.4, -0.2) is 48.0 Å². The molecule has 0 radical (unpaired) electrons. The largest absolute Gasteiger partial charge is 0.372 e. The minimum Gasteiger partial charge on any atom is -0.372 e. The van der Waals surface area contributed by atoms with Crippen LogP contribution in [0.25, 0.3) is 0 Å². The fourth-order valence-corrected chi connectivity index (χ4v) is 3.36. The highest BCUT2D eigenvalue weighted by molar-refractivity contribution is 5.88. The van der Waals surface area contributed by atoms with Gasteiger partial charge in [0.1, 0.15) is 12.4 Å². The zero-order chi connectivity index (χ0) is 20.0. The number of hydrogen-bond acceptors (Lipinski definition) is 4. The van der Waals surface area contributed by atoms with Gasteiger partial charge in [-0.3, -0.25) is 14.6 Å². The van der Waals surface area contributed by atoms with Crippen LogP contribution in [0, 0.1) is 11.2 Å². The maximum absolute atomic E-state index is 14.2. The Morgan fingerprint density at radius 1 is 1.25 bits per heavy atom. The third-order valence-corrected chi connectivity index (χ3v) is 4.91. The van der Waals surface area contributed by atoms with Gasteiger partial charge in [-0.05, 0) is 36.6 Å². The Bertz CT molecular complexity index is 823. The molecular formula is C21H24FN3O3. The van der Waals surface area contributed by atoms with Crippen LogP contribution in [0.15, 0.2) is 48.8 Å². The molecule has 1 aliphatic rings. The summed E-state index contributed by atoms with van der Waals surface area (Å²) in [5.41, 5.74) is 0.489. The predicted octanol–water partition coefficient (Wildman–Crippen LogP) is 1.94. The Kier molecular flexibility index (Phi) is 6.36. The molecule has 0 atom stereocenters. The van der Waals surface area contributed by atoms with Gasteiger partial charge in [0, 0.05) is 38.6 Å². The first-order valence-corrected chi connectivity index (χ1v) is 9.30. The highest BCUT2D eigenvalue weighted by Crippen LogP contribution is 2.35. The van der Waals surface area contributed by atoms with Crippen LogP contribution in [-0.2, 0) is 27.3 Å². The molecule has 0 aliphatic carbocycles. The number of nitrogens with one attached hydrogen (secondary N) is 1. The summed E-state index contributed by atoms with van der Waals surface area (Å²) in [7, 11) is 0. The topological polar surface area (TPSA) is 71.5 Å². The first kappa shape index (κ1) is 19.9. The number of amides is 2. The van der Waals surface area contributed by atoms with Crippen molar-refractivity contribution in [3.63, 3.8) is 0 Å². The van der Waals surface area contributed by atoms with Gasteiger partial charge in [0.2, 0.25) is 11.8 Å². The summed E-state index contributed by atoms with van der Waals surface area (Å²) in [5, 5.41) is 2.91. The molecule has 0 saturated carbocycles. The van der Waals surface area contributed by atoms with Gasteiger partial charge in [-0.15, -0.1) is 0 Å². The molecule has 3 rings (SSSR count). The van der Waals surface area contributed by atoms with Gasteiger partial charge >= 0.3 is 0 Å². The second kappa shape index (κ2) is 8.93. The fourth-order valence-electron chi connectivity index (χ4n) is 3.36. The number of nitrogens with zero attached hydrogens (tertiary/aromatic N) is 2. The maximum Gasteiger partial charge on any atom is 0.248 e. The molecule has 148 valence electrons. The number of hydrogen-bond donors (Lipinski definition) is 1. The summed E-state index contributed by atoms with van der Waals surface area (Å²) in [6.07, 6.45) is 3.58. The van der Waals surface area contributed by atoms with Gasteiger partial charge in [-0.25, -0.2) is 4.39 Å². The first-order chi connectivity index (χ1) is 13.5. The van der Waals surface area contributed by atoms with E-state index >= 15 is 0 Å². The number of pyridine rings is 1. The Morgan fingerprint density at radius 3 is 2.71 bits per heavy atom. The van der Waals surface area contributed by atoms with Gasteiger partial charge < -0.3 is 15.0 Å². The van der Waals surface area contributed by atoms with Crippen molar-refractivity contribution in [3.05, 3.63) is 65.7 Å². The summed E-state index contributed by atoms with van der Waals surface area (Å²) < 4.78 is 19.3. The first-order valence-electron chi connectivity index (χ1n) is 9.30. The Balaban J connectivity index is 1.71. The molecule has 1 aromatic carbocycles. The molecule has 0 bridgehead atoms. The fraction of sp³-hybridized carbons (Fsp3) is 0.381. The number of likely N-dealkylation sites (tertiary alicyclic amines) is 1. The van der Waals surface area contributed by atoms with E-state index in [0.717, 1.165) is 5.56 Å². The number of benzene rings is 1. The van der Waals surface area contributed by atoms with Crippen LogP contribution in [0.5, 0.6) is 0 Å². The molecular weight excluding hydrogens is 361 g/mol. The zero-order valence-electron chi connectivity index (χ0n) is 15.9. The van der Waals surface area contributed by atoms with Crippen molar-refractivity contribution in [1.29, 1.82) is 0 Å². The molecule has 28 heavy (non-hydrogen) atoms. The molecule has 0 spiro atoms. The lowest BCUT2D eigenvalue weighted by Crippen LogP contribution is -2.66. The quantitative estimate of drug-likeness (QED) is 0.754. The molecule has 7 heteroatoms. The van der Waals surface area contributed by atoms with Crippen molar-refractivity contribution in [3.8, 4) is 0 Å². The van der Waals surface area contributed by atoms with E-state index in [-0.39, 0.29) is 43.7 Å². The minimum atomic E-state index is -0.855. The van der Waals surface area contributed by atoms with Crippen LogP contribution in [0.3, 0.4) is 0 Å². The number of ether oxygens (including phenoxy) is 1. The molecule has 0 unspecified atom stereocenters. The van der Waals surface area contributed by atoms with E-state index in [9.17, 15) is 14.0 Å². The zero-order valence-corrected chi connectivity index (χ0v) is 15.9. The molecule has 1 aliphatic heterocycles. The average molecular weight is 385 g/mol. The van der Waals surface area contributed by atoms with Crippen molar-refractivity contribution in [2.45, 2.75) is 19.9 Å². The number of rotatable bonds is 8. The number of carbonyl (C=O) groups is 2. The predicted molar refractivity (Wildman–Crippen MR) is 102 cm³/mol. The molecule has 1 aromatic heterocycles. The van der Waals surface area contributed by atoms with Gasteiger partial charge in [-0.1, -0.05) is 24.3 Å². The molecule has 1 N–H and O–H groups in total. The number of halogens is 1. The van der Waals surface area contributed by atoms with Crippen LogP contribution < -0.4 is 5.32 Å². The molecule has 6 nitrogen and oxygen atoms in total. The third kappa shape index (κ3) is 4.54. The Labute approximate surface area is 163 Å². The third-order valence-electron chi connectivity index (χ3n) is 4.91. The second-order valence-corrected chi connectivity index (χ2v) is 6.98. The highest BCUT2D eigenvalue weighted by Gasteiger charge is 2.51. The lowest BCUT2D eigenvalue weighted by atomic mass is 9.73. The number of carbonyl (C=O) groups excluding carboxylic acids is 2. The Hall–Kier alpha value is -2.80. The summed E-state index contributed by atoms with van der Waals surface area (Å²) in [6, 6.07) is 10.1. The monoisotopic (exact) mass is 385 g/mol. The van der Waals surface area contributed by atoms with Crippen molar-refractivity contribution in [2.75, 3.05) is 26.3 Å². The second-order valence-electron chi connectivity index (χ2n) is 6.98. The van der Waals surface area contributed by atoms with Crippen LogP contribution >= 0.6 is 0 Å². The average Bonchev–Trinajstić information content (AvgIpc) is 2.69. The van der Waals surface area contributed by atoms with E-state index < -0.39 is 5.41 Å². The van der Waals surface area contributed by atoms with Gasteiger partial charge in [0.25, 0.3) is 0 Å². The minimum absolute atomic E-state index is 0.0103. The highest BCUT2D eigenvalue weighted by atomic mass is 19.1. The van der Waals surface area contributed by atoms with E-state index in [1.54, 1.807) is 41.6 Å². The lowest BCUT2D eigenvalue weighted by Gasteiger charge is -2.49. The molecule has 1 saturated heterocycles. The lowest BCUT2D eigenvalue weighted by molar-refractivity contribution is -0.156. The van der Waals surface area contributed by atoms with Gasteiger partial charge in [0.15, 0.2) is 0 Å². The van der Waals surface area contributed by atoms with Crippen molar-refractivity contribution >= 4 is 11.8 Å². The maximum atomic E-state index is 14.2. The molecule has 2 amide bonds. The van der Waals surface area contributed by atoms with E-state index in [2.05, 4.69) is 10.3 Å². The van der Waals surface area contributed by atoms with Crippen LogP contribution in [0.4, 0.5) is 4.39 Å². The molecule has 2 aromatic rings.